The van der Waals surface area contributed by atoms with E-state index < -0.39 is 0 Å². The van der Waals surface area contributed by atoms with Gasteiger partial charge in [0.2, 0.25) is 0 Å². The Labute approximate surface area is 117 Å². The van der Waals surface area contributed by atoms with Gasteiger partial charge in [-0.15, -0.1) is 0 Å². The molecule has 0 aliphatic carbocycles. The molecule has 0 bridgehead atoms. The fourth-order valence-electron chi connectivity index (χ4n) is 1.04. The van der Waals surface area contributed by atoms with Crippen LogP contribution in [0.25, 0.3) is 0 Å². The van der Waals surface area contributed by atoms with Crippen molar-refractivity contribution in [2.75, 3.05) is 6.61 Å². The molecule has 0 amide bonds. The second kappa shape index (κ2) is 6.03. The van der Waals surface area contributed by atoms with E-state index in [0.717, 1.165) is 19.2 Å². The summed E-state index contributed by atoms with van der Waals surface area (Å²) in [4.78, 5) is 10.6. The van der Waals surface area contributed by atoms with Gasteiger partial charge in [-0.05, 0) is 63.2 Å². The zero-order chi connectivity index (χ0) is 11.4. The molecule has 1 aromatic rings. The lowest BCUT2D eigenvalue weighted by Gasteiger charge is -2.12. The molecule has 4 heteroatoms. The van der Waals surface area contributed by atoms with Crippen molar-refractivity contribution < 1.29 is 9.53 Å². The van der Waals surface area contributed by atoms with Crippen molar-refractivity contribution in [3.8, 4) is 5.75 Å². The first-order chi connectivity index (χ1) is 7.04. The highest BCUT2D eigenvalue weighted by atomic mass is 127. The molecule has 0 N–H and O–H groups in total. The molecule has 0 aliphatic rings. The Kier molecular flexibility index (Phi) is 5.31. The van der Waals surface area contributed by atoms with Crippen molar-refractivity contribution in [1.82, 2.24) is 0 Å². The summed E-state index contributed by atoms with van der Waals surface area (Å²) in [5, 5.41) is 0. The molecule has 2 nitrogen and oxygen atoms in total. The van der Waals surface area contributed by atoms with Gasteiger partial charge in [0, 0.05) is 5.56 Å². The van der Waals surface area contributed by atoms with Gasteiger partial charge in [0.1, 0.15) is 12.0 Å². The molecule has 0 atom stereocenters. The van der Waals surface area contributed by atoms with Gasteiger partial charge in [-0.3, -0.25) is 4.79 Å². The number of halogens is 2. The molecule has 0 spiro atoms. The van der Waals surface area contributed by atoms with Gasteiger partial charge in [-0.1, -0.05) is 13.8 Å². The summed E-state index contributed by atoms with van der Waals surface area (Å²) < 4.78 is 7.67. The van der Waals surface area contributed by atoms with E-state index in [2.05, 4.69) is 59.0 Å². The number of aldehydes is 1. The predicted molar refractivity (Wildman–Crippen MR) is 77.6 cm³/mol. The molecule has 1 rings (SSSR count). The van der Waals surface area contributed by atoms with Crippen molar-refractivity contribution in [2.45, 2.75) is 13.8 Å². The number of carbonyl (C=O) groups is 1. The van der Waals surface area contributed by atoms with E-state index in [1.54, 1.807) is 0 Å². The number of carbonyl (C=O) groups excluding carboxylic acids is 1. The average Bonchev–Trinajstić information content (AvgIpc) is 2.15. The molecular formula is C11H12I2O2. The van der Waals surface area contributed by atoms with Crippen LogP contribution in [-0.4, -0.2) is 12.9 Å². The lowest BCUT2D eigenvalue weighted by atomic mass is 10.2. The minimum absolute atomic E-state index is 0.502. The molecule has 0 fully saturated rings. The van der Waals surface area contributed by atoms with Crippen molar-refractivity contribution in [2.24, 2.45) is 5.92 Å². The van der Waals surface area contributed by atoms with Crippen LogP contribution in [0.2, 0.25) is 0 Å². The highest BCUT2D eigenvalue weighted by molar-refractivity contribution is 14.1. The van der Waals surface area contributed by atoms with Gasteiger partial charge in [0.25, 0.3) is 0 Å². The second-order valence-corrected chi connectivity index (χ2v) is 5.96. The standard InChI is InChI=1S/C11H12I2O2/c1-7(2)6-15-11-9(12)3-8(5-14)4-10(11)13/h3-5,7H,6H2,1-2H3. The normalized spacial score (nSPS) is 10.5. The number of rotatable bonds is 4. The molecule has 0 aromatic heterocycles. The first kappa shape index (κ1) is 13.2. The summed E-state index contributed by atoms with van der Waals surface area (Å²) in [5.74, 6) is 1.39. The van der Waals surface area contributed by atoms with Crippen molar-refractivity contribution >= 4 is 51.5 Å². The maximum atomic E-state index is 10.6. The molecule has 0 aliphatic heterocycles. The summed E-state index contributed by atoms with van der Waals surface area (Å²) in [6.45, 7) is 4.92. The number of ether oxygens (including phenoxy) is 1. The van der Waals surface area contributed by atoms with Crippen molar-refractivity contribution in [3.05, 3.63) is 24.8 Å². The fraction of sp³-hybridized carbons (Fsp3) is 0.364. The zero-order valence-electron chi connectivity index (χ0n) is 8.59. The van der Waals surface area contributed by atoms with E-state index in [1.807, 2.05) is 12.1 Å². The molecule has 15 heavy (non-hydrogen) atoms. The highest BCUT2D eigenvalue weighted by Crippen LogP contribution is 2.28. The van der Waals surface area contributed by atoms with Crippen LogP contribution in [0.4, 0.5) is 0 Å². The predicted octanol–water partition coefficient (Wildman–Crippen LogP) is 3.74. The summed E-state index contributed by atoms with van der Waals surface area (Å²) in [5.41, 5.74) is 0.695. The number of hydrogen-bond donors (Lipinski definition) is 0. The van der Waals surface area contributed by atoms with Gasteiger partial charge in [0.15, 0.2) is 0 Å². The van der Waals surface area contributed by atoms with Crippen LogP contribution < -0.4 is 4.74 Å². The van der Waals surface area contributed by atoms with Gasteiger partial charge in [-0.25, -0.2) is 0 Å². The fourth-order valence-corrected chi connectivity index (χ4v) is 3.16. The minimum Gasteiger partial charge on any atom is -0.491 e. The quantitative estimate of drug-likeness (QED) is 0.538. The Morgan fingerprint density at radius 3 is 2.27 bits per heavy atom. The van der Waals surface area contributed by atoms with Crippen molar-refractivity contribution in [1.29, 1.82) is 0 Å². The summed E-state index contributed by atoms with van der Waals surface area (Å²) >= 11 is 4.39. The monoisotopic (exact) mass is 430 g/mol. The average molecular weight is 430 g/mol. The lowest BCUT2D eigenvalue weighted by Crippen LogP contribution is -2.07. The summed E-state index contributed by atoms with van der Waals surface area (Å²) in [6.07, 6.45) is 0.858. The van der Waals surface area contributed by atoms with E-state index in [4.69, 9.17) is 4.74 Å². The van der Waals surface area contributed by atoms with E-state index in [-0.39, 0.29) is 0 Å². The molecule has 0 saturated heterocycles. The Hall–Kier alpha value is 0.150. The van der Waals surface area contributed by atoms with Gasteiger partial charge < -0.3 is 4.74 Å². The number of benzene rings is 1. The Balaban J connectivity index is 2.93. The lowest BCUT2D eigenvalue weighted by molar-refractivity contribution is 0.112. The van der Waals surface area contributed by atoms with E-state index in [0.29, 0.717) is 18.1 Å². The highest BCUT2D eigenvalue weighted by Gasteiger charge is 2.09. The molecular weight excluding hydrogens is 418 g/mol. The maximum Gasteiger partial charge on any atom is 0.150 e. The molecule has 0 heterocycles. The SMILES string of the molecule is CC(C)COc1c(I)cc(C=O)cc1I. The van der Waals surface area contributed by atoms with E-state index in [1.165, 1.54) is 0 Å². The van der Waals surface area contributed by atoms with Crippen LogP contribution in [0.1, 0.15) is 24.2 Å². The van der Waals surface area contributed by atoms with E-state index >= 15 is 0 Å². The largest absolute Gasteiger partial charge is 0.491 e. The van der Waals surface area contributed by atoms with Crippen LogP contribution in [0.3, 0.4) is 0 Å². The minimum atomic E-state index is 0.502. The first-order valence-corrected chi connectivity index (χ1v) is 6.77. The Bertz CT molecular complexity index is 339. The molecule has 0 radical (unpaired) electrons. The Morgan fingerprint density at radius 2 is 1.87 bits per heavy atom. The summed E-state index contributed by atoms with van der Waals surface area (Å²) in [7, 11) is 0. The second-order valence-electron chi connectivity index (χ2n) is 3.64. The van der Waals surface area contributed by atoms with Gasteiger partial charge in [0.05, 0.1) is 13.7 Å². The van der Waals surface area contributed by atoms with Gasteiger partial charge in [-0.2, -0.15) is 0 Å². The topological polar surface area (TPSA) is 26.3 Å². The Morgan fingerprint density at radius 1 is 1.33 bits per heavy atom. The van der Waals surface area contributed by atoms with Crippen LogP contribution in [0.15, 0.2) is 12.1 Å². The van der Waals surface area contributed by atoms with Gasteiger partial charge >= 0.3 is 0 Å². The van der Waals surface area contributed by atoms with Crippen LogP contribution in [-0.2, 0) is 0 Å². The molecule has 82 valence electrons. The van der Waals surface area contributed by atoms with Crippen LogP contribution >= 0.6 is 45.2 Å². The van der Waals surface area contributed by atoms with Crippen molar-refractivity contribution in [3.63, 3.8) is 0 Å². The third-order valence-corrected chi connectivity index (χ3v) is 3.32. The van der Waals surface area contributed by atoms with Crippen LogP contribution in [0, 0.1) is 13.1 Å². The number of hydrogen-bond acceptors (Lipinski definition) is 2. The molecule has 0 saturated carbocycles. The maximum absolute atomic E-state index is 10.6. The van der Waals surface area contributed by atoms with E-state index in [9.17, 15) is 4.79 Å². The molecule has 0 unspecified atom stereocenters. The first-order valence-electron chi connectivity index (χ1n) is 4.61. The third kappa shape index (κ3) is 3.90. The third-order valence-electron chi connectivity index (χ3n) is 1.72. The molecule has 1 aromatic carbocycles. The summed E-state index contributed by atoms with van der Waals surface area (Å²) in [6, 6.07) is 3.68. The smallest absolute Gasteiger partial charge is 0.150 e. The zero-order valence-corrected chi connectivity index (χ0v) is 12.9. The van der Waals surface area contributed by atoms with Crippen LogP contribution in [0.5, 0.6) is 5.75 Å².